The van der Waals surface area contributed by atoms with Crippen LogP contribution in [0.3, 0.4) is 0 Å². The molecule has 0 amide bonds. The lowest BCUT2D eigenvalue weighted by Gasteiger charge is -2.07. The number of imidazole rings is 1. The highest BCUT2D eigenvalue weighted by Crippen LogP contribution is 2.06. The van der Waals surface area contributed by atoms with E-state index in [9.17, 15) is 9.59 Å². The van der Waals surface area contributed by atoms with Crippen LogP contribution in [0.4, 0.5) is 5.95 Å². The van der Waals surface area contributed by atoms with E-state index >= 15 is 0 Å². The summed E-state index contributed by atoms with van der Waals surface area (Å²) in [7, 11) is 0. The zero-order valence-corrected chi connectivity index (χ0v) is 13.3. The Bertz CT molecular complexity index is 919. The molecule has 2 heterocycles. The molecule has 0 atom stereocenters. The quantitative estimate of drug-likeness (QED) is 0.471. The number of carbonyl (C=O) groups is 1. The number of nitrogens with two attached hydrogens (primary N) is 1. The number of aromatic amines is 1. The number of benzene rings is 1. The van der Waals surface area contributed by atoms with Crippen molar-refractivity contribution >= 4 is 23.1 Å². The van der Waals surface area contributed by atoms with Gasteiger partial charge in [-0.05, 0) is 5.56 Å². The number of anilines is 1. The average molecular weight is 343 g/mol. The average Bonchev–Trinajstić information content (AvgIpc) is 2.99. The van der Waals surface area contributed by atoms with Gasteiger partial charge in [-0.2, -0.15) is 4.98 Å². The Morgan fingerprint density at radius 3 is 2.84 bits per heavy atom. The van der Waals surface area contributed by atoms with Crippen LogP contribution >= 0.6 is 0 Å². The number of nitrogens with one attached hydrogen (secondary N) is 1. The molecule has 0 aliphatic rings. The molecule has 0 bridgehead atoms. The fraction of sp³-hybridized carbons (Fsp3) is 0.250. The first-order valence-corrected chi connectivity index (χ1v) is 7.61. The number of hydrogen-bond acceptors (Lipinski definition) is 7. The number of rotatable bonds is 7. The molecule has 25 heavy (non-hydrogen) atoms. The molecule has 9 heteroatoms. The second-order valence-electron chi connectivity index (χ2n) is 5.26. The molecule has 0 fully saturated rings. The maximum atomic E-state index is 11.7. The topological polar surface area (TPSA) is 125 Å². The van der Waals surface area contributed by atoms with Gasteiger partial charge >= 0.3 is 5.97 Å². The fourth-order valence-electron chi connectivity index (χ4n) is 2.26. The van der Waals surface area contributed by atoms with Crippen LogP contribution in [0.2, 0.25) is 0 Å². The maximum absolute atomic E-state index is 11.7. The van der Waals surface area contributed by atoms with Crippen LogP contribution in [0, 0.1) is 0 Å². The molecule has 130 valence electrons. The first-order chi connectivity index (χ1) is 12.1. The Kier molecular flexibility index (Phi) is 5.05. The van der Waals surface area contributed by atoms with Crippen molar-refractivity contribution in [3.05, 3.63) is 52.6 Å². The van der Waals surface area contributed by atoms with Crippen molar-refractivity contribution in [2.24, 2.45) is 0 Å². The first kappa shape index (κ1) is 16.7. The molecule has 0 radical (unpaired) electrons. The lowest BCUT2D eigenvalue weighted by Crippen LogP contribution is -2.15. The minimum Gasteiger partial charge on any atom is -0.463 e. The fourth-order valence-corrected chi connectivity index (χ4v) is 2.26. The SMILES string of the molecule is Nc1nc2c(ncn2COCCOC(=O)Cc2ccccc2)c(=O)[nH]1. The maximum Gasteiger partial charge on any atom is 0.310 e. The van der Waals surface area contributed by atoms with E-state index in [0.29, 0.717) is 5.65 Å². The predicted molar refractivity (Wildman–Crippen MR) is 89.6 cm³/mol. The van der Waals surface area contributed by atoms with Gasteiger partial charge in [-0.15, -0.1) is 0 Å². The van der Waals surface area contributed by atoms with Gasteiger partial charge in [-0.25, -0.2) is 4.98 Å². The van der Waals surface area contributed by atoms with Crippen molar-refractivity contribution in [3.63, 3.8) is 0 Å². The molecule has 1 aromatic carbocycles. The molecular weight excluding hydrogens is 326 g/mol. The Balaban J connectivity index is 1.45. The van der Waals surface area contributed by atoms with Crippen molar-refractivity contribution < 1.29 is 14.3 Å². The molecule has 0 unspecified atom stereocenters. The number of hydrogen-bond donors (Lipinski definition) is 2. The van der Waals surface area contributed by atoms with Crippen molar-refractivity contribution in [3.8, 4) is 0 Å². The Morgan fingerprint density at radius 1 is 1.24 bits per heavy atom. The van der Waals surface area contributed by atoms with E-state index in [-0.39, 0.29) is 43.8 Å². The molecule has 0 saturated carbocycles. The number of aromatic nitrogens is 4. The van der Waals surface area contributed by atoms with Gasteiger partial charge in [0.2, 0.25) is 5.95 Å². The number of carbonyl (C=O) groups excluding carboxylic acids is 1. The largest absolute Gasteiger partial charge is 0.463 e. The summed E-state index contributed by atoms with van der Waals surface area (Å²) in [6.45, 7) is 0.454. The molecule has 0 aliphatic heterocycles. The number of esters is 1. The van der Waals surface area contributed by atoms with E-state index in [1.54, 1.807) is 4.57 Å². The summed E-state index contributed by atoms with van der Waals surface area (Å²) in [4.78, 5) is 33.7. The summed E-state index contributed by atoms with van der Waals surface area (Å²) >= 11 is 0. The zero-order chi connectivity index (χ0) is 17.6. The lowest BCUT2D eigenvalue weighted by atomic mass is 10.2. The monoisotopic (exact) mass is 343 g/mol. The van der Waals surface area contributed by atoms with Crippen LogP contribution < -0.4 is 11.3 Å². The number of ether oxygens (including phenoxy) is 2. The molecule has 3 rings (SSSR count). The normalized spacial score (nSPS) is 10.9. The molecule has 2 aromatic heterocycles. The minimum atomic E-state index is -0.406. The summed E-state index contributed by atoms with van der Waals surface area (Å²) in [5.41, 5.74) is 6.53. The number of fused-ring (bicyclic) bond motifs is 1. The van der Waals surface area contributed by atoms with Gasteiger partial charge in [0.1, 0.15) is 13.3 Å². The van der Waals surface area contributed by atoms with Gasteiger partial charge in [0.05, 0.1) is 19.4 Å². The number of H-pyrrole nitrogens is 1. The molecule has 0 spiro atoms. The van der Waals surface area contributed by atoms with Gasteiger partial charge < -0.3 is 15.2 Å². The molecular formula is C16H17N5O4. The van der Waals surface area contributed by atoms with Gasteiger partial charge in [0, 0.05) is 0 Å². The smallest absolute Gasteiger partial charge is 0.310 e. The summed E-state index contributed by atoms with van der Waals surface area (Å²) < 4.78 is 12.1. The van der Waals surface area contributed by atoms with Gasteiger partial charge in [0.25, 0.3) is 5.56 Å². The van der Waals surface area contributed by atoms with Crippen LogP contribution in [0.15, 0.2) is 41.5 Å². The van der Waals surface area contributed by atoms with Crippen molar-refractivity contribution in [2.75, 3.05) is 18.9 Å². The van der Waals surface area contributed by atoms with E-state index in [2.05, 4.69) is 15.0 Å². The van der Waals surface area contributed by atoms with Gasteiger partial charge in [0.15, 0.2) is 11.2 Å². The summed E-state index contributed by atoms with van der Waals surface area (Å²) in [6, 6.07) is 9.35. The van der Waals surface area contributed by atoms with Crippen LogP contribution in [-0.4, -0.2) is 38.7 Å². The second kappa shape index (κ2) is 7.58. The van der Waals surface area contributed by atoms with E-state index in [4.69, 9.17) is 15.2 Å². The third-order valence-corrected chi connectivity index (χ3v) is 3.41. The molecule has 0 aliphatic carbocycles. The van der Waals surface area contributed by atoms with Crippen LogP contribution in [0.25, 0.3) is 11.2 Å². The third-order valence-electron chi connectivity index (χ3n) is 3.41. The summed E-state index contributed by atoms with van der Waals surface area (Å²) in [5, 5.41) is 0. The number of nitrogen functional groups attached to an aromatic ring is 1. The highest BCUT2D eigenvalue weighted by molar-refractivity contribution is 5.72. The van der Waals surface area contributed by atoms with Crippen molar-refractivity contribution in [1.82, 2.24) is 19.5 Å². The molecule has 9 nitrogen and oxygen atoms in total. The molecule has 3 N–H and O–H groups in total. The zero-order valence-electron chi connectivity index (χ0n) is 13.3. The van der Waals surface area contributed by atoms with Gasteiger partial charge in [-0.3, -0.25) is 19.1 Å². The van der Waals surface area contributed by atoms with Crippen LogP contribution in [0.5, 0.6) is 0 Å². The Hall–Kier alpha value is -3.20. The lowest BCUT2D eigenvalue weighted by molar-refractivity contribution is -0.144. The van der Waals surface area contributed by atoms with E-state index in [1.165, 1.54) is 6.33 Å². The highest BCUT2D eigenvalue weighted by Gasteiger charge is 2.09. The third kappa shape index (κ3) is 4.21. The Labute approximate surface area is 142 Å². The van der Waals surface area contributed by atoms with Crippen LogP contribution in [0.1, 0.15) is 5.56 Å². The van der Waals surface area contributed by atoms with E-state index < -0.39 is 5.56 Å². The minimum absolute atomic E-state index is 0.00842. The second-order valence-corrected chi connectivity index (χ2v) is 5.26. The Morgan fingerprint density at radius 2 is 2.04 bits per heavy atom. The van der Waals surface area contributed by atoms with E-state index in [1.807, 2.05) is 30.3 Å². The van der Waals surface area contributed by atoms with Crippen molar-refractivity contribution in [2.45, 2.75) is 13.2 Å². The van der Waals surface area contributed by atoms with E-state index in [0.717, 1.165) is 5.56 Å². The first-order valence-electron chi connectivity index (χ1n) is 7.61. The molecule has 3 aromatic rings. The standard InChI is InChI=1S/C16H17N5O4/c17-16-19-14-13(15(23)20-16)18-9-21(14)10-24-6-7-25-12(22)8-11-4-2-1-3-5-11/h1-5,9H,6-8,10H2,(H3,17,19,20,23). The van der Waals surface area contributed by atoms with Crippen molar-refractivity contribution in [1.29, 1.82) is 0 Å². The highest BCUT2D eigenvalue weighted by atomic mass is 16.6. The van der Waals surface area contributed by atoms with Gasteiger partial charge in [-0.1, -0.05) is 30.3 Å². The summed E-state index contributed by atoms with van der Waals surface area (Å²) in [6.07, 6.45) is 1.66. The predicted octanol–water partition coefficient (Wildman–Crippen LogP) is 0.462. The van der Waals surface area contributed by atoms with Crippen LogP contribution in [-0.2, 0) is 27.4 Å². The summed E-state index contributed by atoms with van der Waals surface area (Å²) in [5.74, 6) is -0.307. The number of nitrogens with zero attached hydrogens (tertiary/aromatic N) is 3. The molecule has 0 saturated heterocycles.